The molecule has 0 radical (unpaired) electrons. The summed E-state index contributed by atoms with van der Waals surface area (Å²) in [7, 11) is 0. The maximum Gasteiger partial charge on any atom is 0.390 e. The van der Waals surface area contributed by atoms with Gasteiger partial charge in [0.25, 0.3) is 0 Å². The zero-order valence-electron chi connectivity index (χ0n) is 10.5. The Kier molecular flexibility index (Phi) is 5.72. The third kappa shape index (κ3) is 5.55. The van der Waals surface area contributed by atoms with Crippen LogP contribution in [0.3, 0.4) is 0 Å². The molecule has 0 saturated carbocycles. The van der Waals surface area contributed by atoms with Crippen LogP contribution >= 0.6 is 0 Å². The molecule has 0 fully saturated rings. The Bertz CT molecular complexity index is 403. The lowest BCUT2D eigenvalue weighted by Gasteiger charge is -2.20. The van der Waals surface area contributed by atoms with Crippen LogP contribution in [0.2, 0.25) is 0 Å². The molecule has 0 bridgehead atoms. The van der Waals surface area contributed by atoms with Gasteiger partial charge in [0.1, 0.15) is 0 Å². The third-order valence-corrected chi connectivity index (χ3v) is 2.66. The van der Waals surface area contributed by atoms with E-state index >= 15 is 0 Å². The second-order valence-electron chi connectivity index (χ2n) is 4.39. The van der Waals surface area contributed by atoms with E-state index in [4.69, 9.17) is 0 Å². The summed E-state index contributed by atoms with van der Waals surface area (Å²) in [6.45, 7) is 2.22. The number of alkyl halides is 3. The Morgan fingerprint density at radius 3 is 2.47 bits per heavy atom. The molecule has 0 saturated heterocycles. The fraction of sp³-hybridized carbons (Fsp3) is 0.538. The van der Waals surface area contributed by atoms with Gasteiger partial charge in [0.15, 0.2) is 11.6 Å². The van der Waals surface area contributed by atoms with Crippen LogP contribution in [-0.2, 0) is 6.42 Å². The summed E-state index contributed by atoms with van der Waals surface area (Å²) in [4.78, 5) is 0. The lowest BCUT2D eigenvalue weighted by atomic mass is 10.0. The molecule has 1 atom stereocenters. The van der Waals surface area contributed by atoms with Crippen LogP contribution in [0.1, 0.15) is 25.3 Å². The highest BCUT2D eigenvalue weighted by Gasteiger charge is 2.32. The molecule has 0 aliphatic rings. The Labute approximate surface area is 108 Å². The monoisotopic (exact) mass is 281 g/mol. The van der Waals surface area contributed by atoms with Crippen molar-refractivity contribution >= 4 is 0 Å². The standard InChI is InChI=1S/C13H16F5N/c1-2-6-19-10(8-13(16,17)18)7-9-4-3-5-11(14)12(9)15/h3-5,10,19H,2,6-8H2,1H3. The van der Waals surface area contributed by atoms with Gasteiger partial charge in [-0.2, -0.15) is 13.2 Å². The quantitative estimate of drug-likeness (QED) is 0.781. The first kappa shape index (κ1) is 15.9. The summed E-state index contributed by atoms with van der Waals surface area (Å²) in [6.07, 6.45) is -4.93. The van der Waals surface area contributed by atoms with E-state index in [9.17, 15) is 22.0 Å². The minimum Gasteiger partial charge on any atom is -0.313 e. The molecular weight excluding hydrogens is 265 g/mol. The molecule has 19 heavy (non-hydrogen) atoms. The molecule has 0 amide bonds. The van der Waals surface area contributed by atoms with Gasteiger partial charge in [0.05, 0.1) is 6.42 Å². The Hall–Kier alpha value is -1.17. The number of rotatable bonds is 6. The van der Waals surface area contributed by atoms with Crippen LogP contribution in [0.4, 0.5) is 22.0 Å². The Morgan fingerprint density at radius 1 is 1.21 bits per heavy atom. The van der Waals surface area contributed by atoms with Gasteiger partial charge in [-0.15, -0.1) is 0 Å². The van der Waals surface area contributed by atoms with Gasteiger partial charge in [-0.3, -0.25) is 0 Å². The second-order valence-corrected chi connectivity index (χ2v) is 4.39. The van der Waals surface area contributed by atoms with Crippen molar-refractivity contribution in [1.82, 2.24) is 5.32 Å². The maximum absolute atomic E-state index is 13.4. The highest BCUT2D eigenvalue weighted by molar-refractivity contribution is 5.20. The number of nitrogens with one attached hydrogen (secondary N) is 1. The zero-order valence-corrected chi connectivity index (χ0v) is 10.5. The van der Waals surface area contributed by atoms with Crippen LogP contribution < -0.4 is 5.32 Å². The van der Waals surface area contributed by atoms with E-state index in [0.29, 0.717) is 13.0 Å². The topological polar surface area (TPSA) is 12.0 Å². The Balaban J connectivity index is 2.78. The molecule has 0 aliphatic carbocycles. The summed E-state index contributed by atoms with van der Waals surface area (Å²) in [5, 5.41) is 2.71. The van der Waals surface area contributed by atoms with Crippen LogP contribution in [0.15, 0.2) is 18.2 Å². The number of benzene rings is 1. The van der Waals surface area contributed by atoms with E-state index in [1.165, 1.54) is 12.1 Å². The van der Waals surface area contributed by atoms with Crippen molar-refractivity contribution in [3.8, 4) is 0 Å². The predicted octanol–water partition coefficient (Wildman–Crippen LogP) is 3.83. The van der Waals surface area contributed by atoms with Crippen LogP contribution in [0.25, 0.3) is 0 Å². The van der Waals surface area contributed by atoms with E-state index in [2.05, 4.69) is 5.32 Å². The first-order valence-corrected chi connectivity index (χ1v) is 6.06. The number of hydrogen-bond acceptors (Lipinski definition) is 1. The molecule has 0 aliphatic heterocycles. The molecule has 0 aromatic heterocycles. The van der Waals surface area contributed by atoms with Crippen molar-refractivity contribution < 1.29 is 22.0 Å². The molecule has 0 heterocycles. The maximum atomic E-state index is 13.4. The highest BCUT2D eigenvalue weighted by Crippen LogP contribution is 2.24. The molecule has 1 aromatic carbocycles. The van der Waals surface area contributed by atoms with Crippen molar-refractivity contribution in [3.05, 3.63) is 35.4 Å². The van der Waals surface area contributed by atoms with E-state index in [-0.39, 0.29) is 12.0 Å². The smallest absolute Gasteiger partial charge is 0.313 e. The summed E-state index contributed by atoms with van der Waals surface area (Å²) in [5.74, 6) is -2.12. The summed E-state index contributed by atoms with van der Waals surface area (Å²) in [5.41, 5.74) is -0.0437. The lowest BCUT2D eigenvalue weighted by Crippen LogP contribution is -2.36. The Morgan fingerprint density at radius 2 is 1.89 bits per heavy atom. The molecule has 1 unspecified atom stereocenters. The summed E-state index contributed by atoms with van der Waals surface area (Å²) in [6, 6.07) is 2.58. The van der Waals surface area contributed by atoms with Crippen LogP contribution in [0, 0.1) is 11.6 Å². The van der Waals surface area contributed by atoms with Gasteiger partial charge in [-0.05, 0) is 31.0 Å². The average Bonchev–Trinajstić information content (AvgIpc) is 2.30. The highest BCUT2D eigenvalue weighted by atomic mass is 19.4. The van der Waals surface area contributed by atoms with E-state index < -0.39 is 30.3 Å². The molecule has 6 heteroatoms. The zero-order chi connectivity index (χ0) is 14.5. The normalized spacial score (nSPS) is 13.6. The minimum atomic E-state index is -4.34. The fourth-order valence-electron chi connectivity index (χ4n) is 1.82. The molecule has 1 N–H and O–H groups in total. The first-order chi connectivity index (χ1) is 8.83. The molecule has 108 valence electrons. The van der Waals surface area contributed by atoms with Gasteiger partial charge >= 0.3 is 6.18 Å². The fourth-order valence-corrected chi connectivity index (χ4v) is 1.82. The third-order valence-electron chi connectivity index (χ3n) is 2.66. The molecular formula is C13H16F5N. The molecule has 0 spiro atoms. The van der Waals surface area contributed by atoms with E-state index in [1.807, 2.05) is 6.92 Å². The predicted molar refractivity (Wildman–Crippen MR) is 62.8 cm³/mol. The van der Waals surface area contributed by atoms with Gasteiger partial charge < -0.3 is 5.32 Å². The second kappa shape index (κ2) is 6.84. The van der Waals surface area contributed by atoms with Gasteiger partial charge in [-0.1, -0.05) is 19.1 Å². The largest absolute Gasteiger partial charge is 0.390 e. The summed E-state index contributed by atoms with van der Waals surface area (Å²) < 4.78 is 63.7. The molecule has 1 rings (SSSR count). The average molecular weight is 281 g/mol. The minimum absolute atomic E-state index is 0.0437. The van der Waals surface area contributed by atoms with Crippen LogP contribution in [-0.4, -0.2) is 18.8 Å². The number of halogens is 5. The molecule has 1 nitrogen and oxygen atoms in total. The first-order valence-electron chi connectivity index (χ1n) is 6.06. The van der Waals surface area contributed by atoms with E-state index in [0.717, 1.165) is 6.07 Å². The van der Waals surface area contributed by atoms with Crippen molar-refractivity contribution in [2.45, 2.75) is 38.4 Å². The van der Waals surface area contributed by atoms with E-state index in [1.54, 1.807) is 0 Å². The van der Waals surface area contributed by atoms with Crippen molar-refractivity contribution in [1.29, 1.82) is 0 Å². The SMILES string of the molecule is CCCNC(Cc1cccc(F)c1F)CC(F)(F)F. The van der Waals surface area contributed by atoms with Crippen molar-refractivity contribution in [2.24, 2.45) is 0 Å². The van der Waals surface area contributed by atoms with Crippen molar-refractivity contribution in [3.63, 3.8) is 0 Å². The lowest BCUT2D eigenvalue weighted by molar-refractivity contribution is -0.139. The van der Waals surface area contributed by atoms with Crippen LogP contribution in [0.5, 0.6) is 0 Å². The number of hydrogen-bond donors (Lipinski definition) is 1. The van der Waals surface area contributed by atoms with Gasteiger partial charge in [0.2, 0.25) is 0 Å². The van der Waals surface area contributed by atoms with Crippen molar-refractivity contribution in [2.75, 3.05) is 6.54 Å². The van der Waals surface area contributed by atoms with Gasteiger partial charge in [-0.25, -0.2) is 8.78 Å². The summed E-state index contributed by atoms with van der Waals surface area (Å²) >= 11 is 0. The van der Waals surface area contributed by atoms with Gasteiger partial charge in [0, 0.05) is 6.04 Å². The molecule has 1 aromatic rings.